The summed E-state index contributed by atoms with van der Waals surface area (Å²) in [6.07, 6.45) is 0. The van der Waals surface area contributed by atoms with E-state index >= 15 is 0 Å². The highest BCUT2D eigenvalue weighted by molar-refractivity contribution is 5.86. The van der Waals surface area contributed by atoms with Crippen LogP contribution in [0.2, 0.25) is 0 Å². The fourth-order valence-electron chi connectivity index (χ4n) is 2.19. The van der Waals surface area contributed by atoms with E-state index in [1.165, 1.54) is 0 Å². The number of urea groups is 1. The summed E-state index contributed by atoms with van der Waals surface area (Å²) < 4.78 is 1.69. The van der Waals surface area contributed by atoms with Gasteiger partial charge in [0.2, 0.25) is 0 Å². The maximum Gasteiger partial charge on any atom is 0.319 e. The number of carbonyl (C=O) groups is 1. The molecule has 0 saturated heterocycles. The van der Waals surface area contributed by atoms with Crippen molar-refractivity contribution in [1.82, 2.24) is 14.8 Å². The molecule has 3 N–H and O–H groups in total. The molecule has 0 saturated carbocycles. The normalized spacial score (nSPS) is 10.4. The summed E-state index contributed by atoms with van der Waals surface area (Å²) in [5.41, 5.74) is 8.02. The molecule has 6 nitrogen and oxygen atoms in total. The molecule has 0 bridgehead atoms. The molecule has 0 radical (unpaired) electrons. The molecule has 110 valence electrons. The van der Waals surface area contributed by atoms with Crippen molar-refractivity contribution in [3.05, 3.63) is 60.2 Å². The molecule has 0 aliphatic carbocycles. The first-order valence-electron chi connectivity index (χ1n) is 6.79. The Labute approximate surface area is 127 Å². The Bertz CT molecular complexity index is 810. The number of nitrogens with one attached hydrogen (secondary N) is 1. The number of nitrogens with two attached hydrogens (primary N) is 1. The van der Waals surface area contributed by atoms with Crippen LogP contribution in [0.4, 0.5) is 10.7 Å². The van der Waals surface area contributed by atoms with Gasteiger partial charge in [-0.3, -0.25) is 5.32 Å². The molecule has 0 spiro atoms. The number of hydrogen-bond donors (Lipinski definition) is 2. The van der Waals surface area contributed by atoms with Crippen molar-refractivity contribution < 1.29 is 4.79 Å². The first-order chi connectivity index (χ1) is 10.6. The number of aromatic nitrogens is 3. The Morgan fingerprint density at radius 2 is 1.91 bits per heavy atom. The Hall–Kier alpha value is -3.15. The van der Waals surface area contributed by atoms with Crippen LogP contribution in [0.1, 0.15) is 5.56 Å². The van der Waals surface area contributed by atoms with E-state index < -0.39 is 6.03 Å². The van der Waals surface area contributed by atoms with E-state index in [4.69, 9.17) is 5.73 Å². The third kappa shape index (κ3) is 2.80. The lowest BCUT2D eigenvalue weighted by atomic mass is 10.2. The number of anilines is 1. The Balaban J connectivity index is 2.15. The first kappa shape index (κ1) is 13.8. The van der Waals surface area contributed by atoms with E-state index in [2.05, 4.69) is 15.4 Å². The summed E-state index contributed by atoms with van der Waals surface area (Å²) in [4.78, 5) is 15.4. The van der Waals surface area contributed by atoms with Crippen molar-refractivity contribution in [3.63, 3.8) is 0 Å². The molecule has 1 heterocycles. The number of aryl methyl sites for hydroxylation is 1. The number of primary amides is 1. The zero-order chi connectivity index (χ0) is 15.5. The van der Waals surface area contributed by atoms with Gasteiger partial charge >= 0.3 is 6.03 Å². The van der Waals surface area contributed by atoms with Crippen LogP contribution in [0, 0.1) is 6.92 Å². The molecule has 0 aliphatic rings. The predicted octanol–water partition coefficient (Wildman–Crippen LogP) is 2.73. The summed E-state index contributed by atoms with van der Waals surface area (Å²) >= 11 is 0. The average Bonchev–Trinajstić information content (AvgIpc) is 2.91. The molecule has 0 atom stereocenters. The van der Waals surface area contributed by atoms with Gasteiger partial charge < -0.3 is 5.73 Å². The summed E-state index contributed by atoms with van der Waals surface area (Å²) in [6, 6.07) is 16.8. The van der Waals surface area contributed by atoms with E-state index in [0.29, 0.717) is 5.82 Å². The molecule has 0 fully saturated rings. The fraction of sp³-hybridized carbons (Fsp3) is 0.0625. The molecule has 3 rings (SSSR count). The number of nitrogens with zero attached hydrogens (tertiary/aromatic N) is 3. The molecule has 0 aliphatic heterocycles. The lowest BCUT2D eigenvalue weighted by Crippen LogP contribution is -2.20. The van der Waals surface area contributed by atoms with Crippen LogP contribution in [-0.2, 0) is 0 Å². The van der Waals surface area contributed by atoms with Crippen LogP contribution >= 0.6 is 0 Å². The molecule has 1 aromatic heterocycles. The van der Waals surface area contributed by atoms with Crippen molar-refractivity contribution in [3.8, 4) is 17.1 Å². The topological polar surface area (TPSA) is 85.8 Å². The second-order valence-corrected chi connectivity index (χ2v) is 4.87. The molecule has 2 aromatic carbocycles. The van der Waals surface area contributed by atoms with Crippen molar-refractivity contribution in [2.75, 3.05) is 5.32 Å². The Morgan fingerprint density at radius 3 is 2.59 bits per heavy atom. The second kappa shape index (κ2) is 5.69. The summed E-state index contributed by atoms with van der Waals surface area (Å²) in [5, 5.41) is 6.75. The molecular formula is C16H15N5O. The van der Waals surface area contributed by atoms with Crippen molar-refractivity contribution in [2.24, 2.45) is 5.73 Å². The van der Waals surface area contributed by atoms with E-state index in [-0.39, 0.29) is 5.95 Å². The van der Waals surface area contributed by atoms with Gasteiger partial charge in [-0.15, -0.1) is 5.10 Å². The van der Waals surface area contributed by atoms with Crippen LogP contribution in [0.3, 0.4) is 0 Å². The fourth-order valence-corrected chi connectivity index (χ4v) is 2.19. The van der Waals surface area contributed by atoms with Gasteiger partial charge in [0.25, 0.3) is 5.95 Å². The van der Waals surface area contributed by atoms with Gasteiger partial charge in [-0.25, -0.2) is 9.48 Å². The number of benzene rings is 2. The van der Waals surface area contributed by atoms with Gasteiger partial charge in [0.1, 0.15) is 0 Å². The van der Waals surface area contributed by atoms with Gasteiger partial charge in [-0.2, -0.15) is 4.98 Å². The molecule has 22 heavy (non-hydrogen) atoms. The lowest BCUT2D eigenvalue weighted by Gasteiger charge is -2.06. The minimum absolute atomic E-state index is 0.174. The first-order valence-corrected chi connectivity index (χ1v) is 6.79. The van der Waals surface area contributed by atoms with Crippen LogP contribution < -0.4 is 11.1 Å². The van der Waals surface area contributed by atoms with Crippen molar-refractivity contribution >= 4 is 12.0 Å². The van der Waals surface area contributed by atoms with E-state index in [9.17, 15) is 4.79 Å². The molecule has 6 heteroatoms. The minimum atomic E-state index is -0.694. The van der Waals surface area contributed by atoms with Gasteiger partial charge in [-0.1, -0.05) is 42.5 Å². The predicted molar refractivity (Wildman–Crippen MR) is 84.7 cm³/mol. The zero-order valence-electron chi connectivity index (χ0n) is 12.0. The SMILES string of the molecule is Cc1cccc(-n2nc(NC(N)=O)nc2-c2ccccc2)c1. The van der Waals surface area contributed by atoms with Crippen LogP contribution in [0.15, 0.2) is 54.6 Å². The van der Waals surface area contributed by atoms with E-state index in [1.54, 1.807) is 4.68 Å². The second-order valence-electron chi connectivity index (χ2n) is 4.87. The molecular weight excluding hydrogens is 278 g/mol. The third-order valence-corrected chi connectivity index (χ3v) is 3.12. The number of rotatable bonds is 3. The minimum Gasteiger partial charge on any atom is -0.351 e. The number of carbonyl (C=O) groups excluding carboxylic acids is 1. The molecule has 2 amide bonds. The smallest absolute Gasteiger partial charge is 0.319 e. The van der Waals surface area contributed by atoms with Gasteiger partial charge in [0.15, 0.2) is 5.82 Å². The van der Waals surface area contributed by atoms with Crippen molar-refractivity contribution in [1.29, 1.82) is 0 Å². The van der Waals surface area contributed by atoms with Gasteiger partial charge in [0.05, 0.1) is 5.69 Å². The monoisotopic (exact) mass is 293 g/mol. The maximum atomic E-state index is 11.0. The molecule has 0 unspecified atom stereocenters. The quantitative estimate of drug-likeness (QED) is 0.778. The highest BCUT2D eigenvalue weighted by atomic mass is 16.2. The Morgan fingerprint density at radius 1 is 1.14 bits per heavy atom. The Kier molecular flexibility index (Phi) is 3.57. The highest BCUT2D eigenvalue weighted by Crippen LogP contribution is 2.22. The summed E-state index contributed by atoms with van der Waals surface area (Å²) in [5.74, 6) is 0.808. The van der Waals surface area contributed by atoms with Crippen LogP contribution in [0.5, 0.6) is 0 Å². The van der Waals surface area contributed by atoms with Crippen molar-refractivity contribution in [2.45, 2.75) is 6.92 Å². The summed E-state index contributed by atoms with van der Waals surface area (Å²) in [7, 11) is 0. The van der Waals surface area contributed by atoms with Gasteiger partial charge in [0, 0.05) is 5.56 Å². The number of hydrogen-bond acceptors (Lipinski definition) is 3. The highest BCUT2D eigenvalue weighted by Gasteiger charge is 2.14. The molecule has 3 aromatic rings. The largest absolute Gasteiger partial charge is 0.351 e. The number of amides is 2. The summed E-state index contributed by atoms with van der Waals surface area (Å²) in [6.45, 7) is 2.01. The standard InChI is InChI=1S/C16H15N5O/c1-11-6-5-9-13(10-11)21-14(12-7-3-2-4-8-12)18-16(20-21)19-15(17)22/h2-10H,1H3,(H3,17,19,20,22). The van der Waals surface area contributed by atoms with Gasteiger partial charge in [-0.05, 0) is 24.6 Å². The third-order valence-electron chi connectivity index (χ3n) is 3.12. The van der Waals surface area contributed by atoms with E-state index in [1.807, 2.05) is 61.5 Å². The average molecular weight is 293 g/mol. The van der Waals surface area contributed by atoms with Crippen LogP contribution in [0.25, 0.3) is 17.1 Å². The zero-order valence-corrected chi connectivity index (χ0v) is 12.0. The van der Waals surface area contributed by atoms with Crippen LogP contribution in [-0.4, -0.2) is 20.8 Å². The lowest BCUT2D eigenvalue weighted by molar-refractivity contribution is 0.259. The maximum absolute atomic E-state index is 11.0. The van der Waals surface area contributed by atoms with E-state index in [0.717, 1.165) is 16.8 Å².